The number of rotatable bonds is 5. The normalized spacial score (nSPS) is 11.5. The summed E-state index contributed by atoms with van der Waals surface area (Å²) >= 11 is 0. The van der Waals surface area contributed by atoms with Gasteiger partial charge in [-0.3, -0.25) is 4.79 Å². The molecule has 0 radical (unpaired) electrons. The first-order chi connectivity index (χ1) is 14.0. The lowest BCUT2D eigenvalue weighted by atomic mass is 10.1. The Morgan fingerprint density at radius 3 is 2.45 bits per heavy atom. The van der Waals surface area contributed by atoms with Crippen LogP contribution in [0.4, 0.5) is 0 Å². The van der Waals surface area contributed by atoms with Gasteiger partial charge in [0, 0.05) is 11.9 Å². The summed E-state index contributed by atoms with van der Waals surface area (Å²) in [6.07, 6.45) is 2.53. The predicted molar refractivity (Wildman–Crippen MR) is 117 cm³/mol. The highest BCUT2D eigenvalue weighted by Gasteiger charge is 2.19. The van der Waals surface area contributed by atoms with E-state index in [0.29, 0.717) is 12.1 Å². The molecule has 2 aromatic carbocycles. The maximum atomic E-state index is 13.4. The van der Waals surface area contributed by atoms with E-state index in [1.165, 1.54) is 16.7 Å². The van der Waals surface area contributed by atoms with Gasteiger partial charge in [0.25, 0.3) is 5.56 Å². The zero-order valence-electron chi connectivity index (χ0n) is 17.4. The predicted octanol–water partition coefficient (Wildman–Crippen LogP) is 4.57. The van der Waals surface area contributed by atoms with Gasteiger partial charge >= 0.3 is 0 Å². The molecule has 0 amide bonds. The largest absolute Gasteiger partial charge is 0.293 e. The Kier molecular flexibility index (Phi) is 5.05. The summed E-state index contributed by atoms with van der Waals surface area (Å²) in [4.78, 5) is 13.4. The van der Waals surface area contributed by atoms with Crippen molar-refractivity contribution in [2.45, 2.75) is 46.6 Å². The zero-order valence-corrected chi connectivity index (χ0v) is 17.4. The number of aryl methyl sites for hydroxylation is 4. The van der Waals surface area contributed by atoms with Crippen LogP contribution in [0.5, 0.6) is 0 Å². The van der Waals surface area contributed by atoms with Crippen molar-refractivity contribution in [2.75, 3.05) is 0 Å². The smallest absolute Gasteiger partial charge is 0.265 e. The Labute approximate surface area is 170 Å². The minimum absolute atomic E-state index is 0.101. The van der Waals surface area contributed by atoms with E-state index in [-0.39, 0.29) is 11.5 Å². The Hall–Kier alpha value is -3.21. The molecule has 0 spiro atoms. The molecule has 0 saturated carbocycles. The van der Waals surface area contributed by atoms with E-state index in [1.807, 2.05) is 24.3 Å². The Morgan fingerprint density at radius 1 is 1.00 bits per heavy atom. The van der Waals surface area contributed by atoms with Crippen molar-refractivity contribution in [2.24, 2.45) is 0 Å². The molecule has 4 rings (SSSR count). The molecule has 0 saturated heterocycles. The molecule has 0 fully saturated rings. The van der Waals surface area contributed by atoms with Gasteiger partial charge in [-0.25, -0.2) is 9.36 Å². The van der Waals surface area contributed by atoms with Crippen LogP contribution < -0.4 is 5.56 Å². The van der Waals surface area contributed by atoms with E-state index >= 15 is 0 Å². The molecule has 5 heteroatoms. The quantitative estimate of drug-likeness (QED) is 0.505. The average molecular weight is 386 g/mol. The lowest BCUT2D eigenvalue weighted by Gasteiger charge is -2.13. The van der Waals surface area contributed by atoms with Crippen LogP contribution in [0.15, 0.2) is 59.5 Å². The average Bonchev–Trinajstić information content (AvgIpc) is 3.15. The van der Waals surface area contributed by atoms with Gasteiger partial charge in [0.15, 0.2) is 0 Å². The standard InChI is InChI=1S/C24H26N4O/c1-16(2)22-21-15-25-28(20-11-10-17(3)18(4)14-20)23(21)24(29)27(26-22)13-12-19-8-6-5-7-9-19/h5-11,14-16H,12-13H2,1-4H3. The van der Waals surface area contributed by atoms with E-state index in [9.17, 15) is 4.79 Å². The topological polar surface area (TPSA) is 52.7 Å². The monoisotopic (exact) mass is 386 g/mol. The summed E-state index contributed by atoms with van der Waals surface area (Å²) < 4.78 is 3.36. The van der Waals surface area contributed by atoms with Crippen LogP contribution >= 0.6 is 0 Å². The minimum Gasteiger partial charge on any atom is -0.265 e. The van der Waals surface area contributed by atoms with Crippen LogP contribution in [-0.4, -0.2) is 19.6 Å². The number of hydrogen-bond donors (Lipinski definition) is 0. The molecular weight excluding hydrogens is 360 g/mol. The first kappa shape index (κ1) is 19.1. The molecule has 4 aromatic rings. The molecule has 0 N–H and O–H groups in total. The highest BCUT2D eigenvalue weighted by molar-refractivity contribution is 5.82. The van der Waals surface area contributed by atoms with Crippen molar-refractivity contribution >= 4 is 10.9 Å². The first-order valence-corrected chi connectivity index (χ1v) is 10.1. The molecule has 0 aliphatic rings. The van der Waals surface area contributed by atoms with Crippen LogP contribution in [-0.2, 0) is 13.0 Å². The van der Waals surface area contributed by atoms with E-state index in [0.717, 1.165) is 23.2 Å². The molecule has 0 bridgehead atoms. The third kappa shape index (κ3) is 3.60. The van der Waals surface area contributed by atoms with Crippen molar-refractivity contribution in [3.8, 4) is 5.69 Å². The number of hydrogen-bond acceptors (Lipinski definition) is 3. The fourth-order valence-corrected chi connectivity index (χ4v) is 3.60. The van der Waals surface area contributed by atoms with Crippen molar-refractivity contribution in [3.05, 3.63) is 87.5 Å². The van der Waals surface area contributed by atoms with E-state index in [2.05, 4.69) is 57.1 Å². The van der Waals surface area contributed by atoms with Gasteiger partial charge < -0.3 is 0 Å². The highest BCUT2D eigenvalue weighted by atomic mass is 16.1. The van der Waals surface area contributed by atoms with E-state index in [1.54, 1.807) is 15.6 Å². The van der Waals surface area contributed by atoms with Gasteiger partial charge in [-0.1, -0.05) is 50.2 Å². The van der Waals surface area contributed by atoms with Crippen molar-refractivity contribution in [1.29, 1.82) is 0 Å². The van der Waals surface area contributed by atoms with Crippen LogP contribution in [0.3, 0.4) is 0 Å². The molecule has 5 nitrogen and oxygen atoms in total. The molecule has 0 aliphatic carbocycles. The number of nitrogens with zero attached hydrogens (tertiary/aromatic N) is 4. The van der Waals surface area contributed by atoms with Crippen molar-refractivity contribution in [1.82, 2.24) is 19.6 Å². The van der Waals surface area contributed by atoms with Crippen LogP contribution in [0.25, 0.3) is 16.6 Å². The van der Waals surface area contributed by atoms with Gasteiger partial charge in [0.05, 0.1) is 17.6 Å². The lowest BCUT2D eigenvalue weighted by Crippen LogP contribution is -2.27. The molecule has 148 valence electrons. The van der Waals surface area contributed by atoms with E-state index < -0.39 is 0 Å². The third-order valence-electron chi connectivity index (χ3n) is 5.45. The summed E-state index contributed by atoms with van der Waals surface area (Å²) in [5.74, 6) is 0.193. The second kappa shape index (κ2) is 7.66. The maximum Gasteiger partial charge on any atom is 0.293 e. The summed E-state index contributed by atoms with van der Waals surface area (Å²) in [5.41, 5.74) is 5.88. The lowest BCUT2D eigenvalue weighted by molar-refractivity contribution is 0.562. The Morgan fingerprint density at radius 2 is 1.76 bits per heavy atom. The highest BCUT2D eigenvalue weighted by Crippen LogP contribution is 2.24. The minimum atomic E-state index is -0.101. The zero-order chi connectivity index (χ0) is 20.5. The first-order valence-electron chi connectivity index (χ1n) is 10.1. The third-order valence-corrected chi connectivity index (χ3v) is 5.45. The van der Waals surface area contributed by atoms with Crippen LogP contribution in [0, 0.1) is 13.8 Å². The number of fused-ring (bicyclic) bond motifs is 1. The SMILES string of the molecule is Cc1ccc(-n2ncc3c(C(C)C)nn(CCc4ccccc4)c(=O)c32)cc1C. The summed E-state index contributed by atoms with van der Waals surface area (Å²) in [6, 6.07) is 16.3. The van der Waals surface area contributed by atoms with Gasteiger partial charge in [-0.05, 0) is 55.0 Å². The Balaban J connectivity index is 1.86. The van der Waals surface area contributed by atoms with Gasteiger partial charge in [-0.2, -0.15) is 10.2 Å². The fraction of sp³-hybridized carbons (Fsp3) is 0.292. The second-order valence-corrected chi connectivity index (χ2v) is 7.89. The number of aromatic nitrogens is 4. The molecular formula is C24H26N4O. The fourth-order valence-electron chi connectivity index (χ4n) is 3.60. The molecule has 2 aromatic heterocycles. The molecule has 0 atom stereocenters. The summed E-state index contributed by atoms with van der Waals surface area (Å²) in [7, 11) is 0. The summed E-state index contributed by atoms with van der Waals surface area (Å²) in [5, 5.41) is 10.1. The number of benzene rings is 2. The second-order valence-electron chi connectivity index (χ2n) is 7.89. The molecule has 0 aliphatic heterocycles. The van der Waals surface area contributed by atoms with Gasteiger partial charge in [0.2, 0.25) is 0 Å². The molecule has 2 heterocycles. The van der Waals surface area contributed by atoms with E-state index in [4.69, 9.17) is 5.10 Å². The molecule has 0 unspecified atom stereocenters. The van der Waals surface area contributed by atoms with Gasteiger partial charge in [-0.15, -0.1) is 0 Å². The summed E-state index contributed by atoms with van der Waals surface area (Å²) in [6.45, 7) is 8.89. The van der Waals surface area contributed by atoms with Crippen LogP contribution in [0.1, 0.15) is 42.1 Å². The van der Waals surface area contributed by atoms with Gasteiger partial charge in [0.1, 0.15) is 5.52 Å². The van der Waals surface area contributed by atoms with Crippen molar-refractivity contribution in [3.63, 3.8) is 0 Å². The maximum absolute atomic E-state index is 13.4. The van der Waals surface area contributed by atoms with Crippen molar-refractivity contribution < 1.29 is 0 Å². The Bertz CT molecular complexity index is 1220. The van der Waals surface area contributed by atoms with Crippen LogP contribution in [0.2, 0.25) is 0 Å². The molecule has 29 heavy (non-hydrogen) atoms.